The molecule has 1 aromatic heterocycles. The Kier molecular flexibility index (Phi) is 4.06. The molecule has 0 unspecified atom stereocenters. The summed E-state index contributed by atoms with van der Waals surface area (Å²) in [5.41, 5.74) is 2.70. The van der Waals surface area contributed by atoms with Gasteiger partial charge >= 0.3 is 0 Å². The number of rotatable bonds is 3. The first-order valence-corrected chi connectivity index (χ1v) is 6.56. The Balaban J connectivity index is 2.73. The summed E-state index contributed by atoms with van der Waals surface area (Å²) in [4.78, 5) is 4.51. The van der Waals surface area contributed by atoms with E-state index in [9.17, 15) is 0 Å². The molecule has 0 radical (unpaired) electrons. The molecule has 0 aliphatic rings. The van der Waals surface area contributed by atoms with Crippen LogP contribution < -0.4 is 5.32 Å². The Morgan fingerprint density at radius 1 is 1.41 bits per heavy atom. The van der Waals surface area contributed by atoms with E-state index in [1.54, 1.807) is 7.11 Å². The largest absolute Gasteiger partial charge is 0.388 e. The Bertz CT molecular complexity index is 560. The summed E-state index contributed by atoms with van der Waals surface area (Å²) < 4.78 is 6.20. The summed E-state index contributed by atoms with van der Waals surface area (Å²) in [6.07, 6.45) is 0. The molecule has 90 valence electrons. The predicted octanol–water partition coefficient (Wildman–Crippen LogP) is 3.68. The molecular formula is C12H12ClIN2O. The molecule has 0 fully saturated rings. The highest BCUT2D eigenvalue weighted by Crippen LogP contribution is 2.30. The first-order chi connectivity index (χ1) is 8.15. The van der Waals surface area contributed by atoms with Crippen LogP contribution in [0.5, 0.6) is 0 Å². The van der Waals surface area contributed by atoms with Gasteiger partial charge in [0.2, 0.25) is 0 Å². The molecule has 5 heteroatoms. The zero-order chi connectivity index (χ0) is 12.4. The van der Waals surface area contributed by atoms with Crippen LogP contribution in [0.3, 0.4) is 0 Å². The normalized spacial score (nSPS) is 10.8. The number of fused-ring (bicyclic) bond motifs is 1. The molecule has 0 saturated carbocycles. The number of benzene rings is 1. The van der Waals surface area contributed by atoms with Gasteiger partial charge < -0.3 is 10.1 Å². The number of hydrogen-bond acceptors (Lipinski definition) is 3. The maximum atomic E-state index is 6.23. The standard InChI is InChI=1S/C12H12ClIN2O/c1-15-11-5-8(6-17-2)16-12-9(11)3-7(14)4-10(12)13/h3-5H,6H2,1-2H3,(H,15,16). The third-order valence-electron chi connectivity index (χ3n) is 2.45. The highest BCUT2D eigenvalue weighted by molar-refractivity contribution is 14.1. The molecule has 0 bridgehead atoms. The van der Waals surface area contributed by atoms with Crippen LogP contribution in [0.25, 0.3) is 10.9 Å². The van der Waals surface area contributed by atoms with Crippen molar-refractivity contribution >= 4 is 50.8 Å². The smallest absolute Gasteiger partial charge is 0.0913 e. The van der Waals surface area contributed by atoms with E-state index < -0.39 is 0 Å². The van der Waals surface area contributed by atoms with Crippen molar-refractivity contribution in [2.75, 3.05) is 19.5 Å². The van der Waals surface area contributed by atoms with Crippen molar-refractivity contribution in [1.82, 2.24) is 4.98 Å². The van der Waals surface area contributed by atoms with Crippen molar-refractivity contribution in [3.8, 4) is 0 Å². The second kappa shape index (κ2) is 5.37. The van der Waals surface area contributed by atoms with E-state index in [0.29, 0.717) is 11.6 Å². The number of nitrogens with zero attached hydrogens (tertiary/aromatic N) is 1. The lowest BCUT2D eigenvalue weighted by Crippen LogP contribution is -1.98. The van der Waals surface area contributed by atoms with Gasteiger partial charge in [0.05, 0.1) is 22.8 Å². The number of halogens is 2. The second-order valence-electron chi connectivity index (χ2n) is 3.63. The average molecular weight is 363 g/mol. The number of aromatic nitrogens is 1. The fourth-order valence-corrected chi connectivity index (χ4v) is 2.80. The number of nitrogens with one attached hydrogen (secondary N) is 1. The van der Waals surface area contributed by atoms with E-state index in [1.165, 1.54) is 0 Å². The summed E-state index contributed by atoms with van der Waals surface area (Å²) in [7, 11) is 3.54. The zero-order valence-electron chi connectivity index (χ0n) is 9.55. The van der Waals surface area contributed by atoms with E-state index in [1.807, 2.05) is 19.2 Å². The summed E-state index contributed by atoms with van der Waals surface area (Å²) >= 11 is 8.47. The van der Waals surface area contributed by atoms with E-state index >= 15 is 0 Å². The molecule has 3 nitrogen and oxygen atoms in total. The van der Waals surface area contributed by atoms with Crippen LogP contribution in [-0.4, -0.2) is 19.1 Å². The van der Waals surface area contributed by atoms with Crippen molar-refractivity contribution in [1.29, 1.82) is 0 Å². The third kappa shape index (κ3) is 2.64. The number of methoxy groups -OCH3 is 1. The highest BCUT2D eigenvalue weighted by Gasteiger charge is 2.09. The van der Waals surface area contributed by atoms with Crippen molar-refractivity contribution in [3.05, 3.63) is 32.5 Å². The Morgan fingerprint density at radius 3 is 2.82 bits per heavy atom. The first kappa shape index (κ1) is 12.9. The molecular weight excluding hydrogens is 351 g/mol. The van der Waals surface area contributed by atoms with Crippen LogP contribution in [0.1, 0.15) is 5.69 Å². The molecule has 0 aliphatic carbocycles. The lowest BCUT2D eigenvalue weighted by atomic mass is 10.1. The maximum absolute atomic E-state index is 6.23. The summed E-state index contributed by atoms with van der Waals surface area (Å²) in [6, 6.07) is 5.96. The lowest BCUT2D eigenvalue weighted by Gasteiger charge is -2.10. The molecule has 0 amide bonds. The molecule has 17 heavy (non-hydrogen) atoms. The fourth-order valence-electron chi connectivity index (χ4n) is 1.73. The van der Waals surface area contributed by atoms with Crippen LogP contribution in [0.4, 0.5) is 5.69 Å². The van der Waals surface area contributed by atoms with Gasteiger partial charge in [0.15, 0.2) is 0 Å². The molecule has 2 rings (SSSR count). The van der Waals surface area contributed by atoms with Crippen LogP contribution in [-0.2, 0) is 11.3 Å². The van der Waals surface area contributed by atoms with Gasteiger partial charge in [-0.25, -0.2) is 4.98 Å². The number of hydrogen-bond donors (Lipinski definition) is 1. The molecule has 1 heterocycles. The summed E-state index contributed by atoms with van der Waals surface area (Å²) in [5, 5.41) is 4.87. The molecule has 1 N–H and O–H groups in total. The van der Waals surface area contributed by atoms with Crippen LogP contribution in [0.2, 0.25) is 5.02 Å². The third-order valence-corrected chi connectivity index (χ3v) is 3.36. The van der Waals surface area contributed by atoms with E-state index in [2.05, 4.69) is 39.0 Å². The topological polar surface area (TPSA) is 34.1 Å². The second-order valence-corrected chi connectivity index (χ2v) is 5.28. The summed E-state index contributed by atoms with van der Waals surface area (Å²) in [6.45, 7) is 0.479. The average Bonchev–Trinajstić information content (AvgIpc) is 2.29. The molecule has 0 aliphatic heterocycles. The van der Waals surface area contributed by atoms with Gasteiger partial charge in [-0.05, 0) is 40.8 Å². The van der Waals surface area contributed by atoms with Gasteiger partial charge in [0.1, 0.15) is 0 Å². The van der Waals surface area contributed by atoms with Gasteiger partial charge in [-0.1, -0.05) is 11.6 Å². The van der Waals surface area contributed by atoms with Crippen LogP contribution in [0.15, 0.2) is 18.2 Å². The van der Waals surface area contributed by atoms with Gasteiger partial charge in [-0.2, -0.15) is 0 Å². The lowest BCUT2D eigenvalue weighted by molar-refractivity contribution is 0.182. The van der Waals surface area contributed by atoms with Gasteiger partial charge in [-0.3, -0.25) is 0 Å². The van der Waals surface area contributed by atoms with Crippen molar-refractivity contribution in [2.24, 2.45) is 0 Å². The molecule has 0 saturated heterocycles. The Hall–Kier alpha value is -0.590. The van der Waals surface area contributed by atoms with Crippen LogP contribution in [0, 0.1) is 3.57 Å². The Labute approximate surface area is 119 Å². The molecule has 0 spiro atoms. The minimum absolute atomic E-state index is 0.479. The molecule has 1 aromatic carbocycles. The highest BCUT2D eigenvalue weighted by atomic mass is 127. The maximum Gasteiger partial charge on any atom is 0.0913 e. The van der Waals surface area contributed by atoms with Gasteiger partial charge in [-0.15, -0.1) is 0 Å². The minimum atomic E-state index is 0.479. The minimum Gasteiger partial charge on any atom is -0.388 e. The van der Waals surface area contributed by atoms with Crippen molar-refractivity contribution < 1.29 is 4.74 Å². The van der Waals surface area contributed by atoms with E-state index in [0.717, 1.165) is 25.9 Å². The molecule has 0 atom stereocenters. The monoisotopic (exact) mass is 362 g/mol. The predicted molar refractivity (Wildman–Crippen MR) is 79.7 cm³/mol. The fraction of sp³-hybridized carbons (Fsp3) is 0.250. The van der Waals surface area contributed by atoms with Crippen LogP contribution >= 0.6 is 34.2 Å². The van der Waals surface area contributed by atoms with Crippen molar-refractivity contribution in [2.45, 2.75) is 6.61 Å². The SMILES string of the molecule is CNc1cc(COC)nc2c(Cl)cc(I)cc12. The van der Waals surface area contributed by atoms with E-state index in [4.69, 9.17) is 16.3 Å². The molecule has 2 aromatic rings. The van der Waals surface area contributed by atoms with Gasteiger partial charge in [0, 0.05) is 28.8 Å². The summed E-state index contributed by atoms with van der Waals surface area (Å²) in [5.74, 6) is 0. The zero-order valence-corrected chi connectivity index (χ0v) is 12.5. The Morgan fingerprint density at radius 2 is 2.18 bits per heavy atom. The quantitative estimate of drug-likeness (QED) is 0.846. The number of anilines is 1. The number of pyridine rings is 1. The van der Waals surface area contributed by atoms with Crippen molar-refractivity contribution in [3.63, 3.8) is 0 Å². The van der Waals surface area contributed by atoms with E-state index in [-0.39, 0.29) is 0 Å². The first-order valence-electron chi connectivity index (χ1n) is 5.11. The number of ether oxygens (including phenoxy) is 1. The van der Waals surface area contributed by atoms with Gasteiger partial charge in [0.25, 0.3) is 0 Å².